The van der Waals surface area contributed by atoms with E-state index < -0.39 is 11.6 Å². The van der Waals surface area contributed by atoms with Gasteiger partial charge in [0.15, 0.2) is 0 Å². The van der Waals surface area contributed by atoms with Crippen molar-refractivity contribution in [1.82, 2.24) is 10.2 Å². The van der Waals surface area contributed by atoms with Gasteiger partial charge < -0.3 is 20.7 Å². The second-order valence-electron chi connectivity index (χ2n) is 11.6. The highest BCUT2D eigenvalue weighted by Crippen LogP contribution is 2.64. The maximum atomic E-state index is 13.6. The van der Waals surface area contributed by atoms with Gasteiger partial charge in [-0.3, -0.25) is 9.59 Å². The highest BCUT2D eigenvalue weighted by molar-refractivity contribution is 5.84. The number of piperidine rings is 1. The fourth-order valence-electron chi connectivity index (χ4n) is 8.04. The second kappa shape index (κ2) is 7.18. The molecule has 0 spiro atoms. The number of likely N-dealkylation sites (N-methyl/N-ethyl adjacent to an activating group) is 1. The zero-order chi connectivity index (χ0) is 22.1. The molecule has 0 aromatic carbocycles. The number of nitriles is 1. The van der Waals surface area contributed by atoms with E-state index in [4.69, 9.17) is 10.5 Å². The minimum absolute atomic E-state index is 0.0461. The monoisotopic (exact) mass is 428 g/mol. The largest absolute Gasteiger partial charge is 0.458 e. The van der Waals surface area contributed by atoms with Crippen molar-refractivity contribution in [3.63, 3.8) is 0 Å². The number of nitrogens with zero attached hydrogens (tertiary/aromatic N) is 2. The van der Waals surface area contributed by atoms with Gasteiger partial charge in [0.05, 0.1) is 12.1 Å². The molecule has 4 bridgehead atoms. The van der Waals surface area contributed by atoms with E-state index in [0.717, 1.165) is 44.9 Å². The Morgan fingerprint density at radius 2 is 1.84 bits per heavy atom. The van der Waals surface area contributed by atoms with Crippen molar-refractivity contribution < 1.29 is 14.3 Å². The molecule has 6 rings (SSSR count). The van der Waals surface area contributed by atoms with E-state index in [1.54, 1.807) is 7.05 Å². The maximum Gasteiger partial charge on any atom is 0.323 e. The number of amides is 1. The van der Waals surface area contributed by atoms with Crippen molar-refractivity contribution in [2.45, 2.75) is 95.0 Å². The second-order valence-corrected chi connectivity index (χ2v) is 11.6. The summed E-state index contributed by atoms with van der Waals surface area (Å²) in [5.74, 6) is 1.32. The Kier molecular flexibility index (Phi) is 4.91. The van der Waals surface area contributed by atoms with Crippen molar-refractivity contribution in [3.05, 3.63) is 0 Å². The molecule has 1 saturated heterocycles. The average molecular weight is 429 g/mol. The zero-order valence-corrected chi connectivity index (χ0v) is 19.0. The van der Waals surface area contributed by atoms with E-state index in [-0.39, 0.29) is 41.3 Å². The molecule has 6 aliphatic rings. The first kappa shape index (κ1) is 21.2. The molecule has 1 amide bonds. The summed E-state index contributed by atoms with van der Waals surface area (Å²) in [5.41, 5.74) is 5.95. The number of hydrogen-bond donors (Lipinski definition) is 2. The van der Waals surface area contributed by atoms with E-state index in [0.29, 0.717) is 24.2 Å². The number of hydrogen-bond acceptors (Lipinski definition) is 6. The van der Waals surface area contributed by atoms with Crippen molar-refractivity contribution in [3.8, 4) is 6.07 Å². The summed E-state index contributed by atoms with van der Waals surface area (Å²) in [7, 11) is 1.80. The maximum absolute atomic E-state index is 13.6. The third-order valence-corrected chi connectivity index (χ3v) is 9.04. The van der Waals surface area contributed by atoms with Crippen molar-refractivity contribution >= 4 is 11.9 Å². The molecule has 7 atom stereocenters. The smallest absolute Gasteiger partial charge is 0.323 e. The summed E-state index contributed by atoms with van der Waals surface area (Å²) in [5, 5.41) is 12.7. The molecule has 31 heavy (non-hydrogen) atoms. The molecule has 0 aromatic rings. The lowest BCUT2D eigenvalue weighted by Gasteiger charge is -2.62. The molecule has 5 aliphatic carbocycles. The number of carbonyl (C=O) groups excluding carboxylic acids is 2. The highest BCUT2D eigenvalue weighted by Gasteiger charge is 2.64. The van der Waals surface area contributed by atoms with Crippen LogP contribution >= 0.6 is 0 Å². The standard InChI is InChI=1S/C24H36N4O3/c1-13(2)19(27-3)22(30)31-24-9-14-4-15(10-24)8-23(7-14,12-24)20(26)21(29)28-17(11-25)5-16-6-18(16)28/h13-20,27H,4-10,12,26H2,1-3H3/t14?,15?,16-,17+,18+,19+,20-,23?,24?/m1/s1. The number of nitrogens with one attached hydrogen (secondary N) is 1. The van der Waals surface area contributed by atoms with E-state index in [1.165, 1.54) is 0 Å². The summed E-state index contributed by atoms with van der Waals surface area (Å²) >= 11 is 0. The highest BCUT2D eigenvalue weighted by atomic mass is 16.6. The Morgan fingerprint density at radius 1 is 1.16 bits per heavy atom. The lowest BCUT2D eigenvalue weighted by molar-refractivity contribution is -0.208. The summed E-state index contributed by atoms with van der Waals surface area (Å²) in [6.07, 6.45) is 7.29. The first-order valence-electron chi connectivity index (χ1n) is 12.1. The van der Waals surface area contributed by atoms with Gasteiger partial charge in [-0.15, -0.1) is 0 Å². The molecule has 1 heterocycles. The fourth-order valence-corrected chi connectivity index (χ4v) is 8.04. The van der Waals surface area contributed by atoms with Gasteiger partial charge >= 0.3 is 5.97 Å². The van der Waals surface area contributed by atoms with Gasteiger partial charge in [-0.1, -0.05) is 13.8 Å². The molecule has 6 fully saturated rings. The van der Waals surface area contributed by atoms with Gasteiger partial charge in [0, 0.05) is 6.04 Å². The summed E-state index contributed by atoms with van der Waals surface area (Å²) in [4.78, 5) is 28.4. The van der Waals surface area contributed by atoms with Crippen LogP contribution in [-0.4, -0.2) is 53.6 Å². The molecule has 0 aromatic heterocycles. The zero-order valence-electron chi connectivity index (χ0n) is 19.0. The minimum Gasteiger partial charge on any atom is -0.458 e. The van der Waals surface area contributed by atoms with Crippen molar-refractivity contribution in [2.75, 3.05) is 7.05 Å². The van der Waals surface area contributed by atoms with Gasteiger partial charge in [-0.05, 0) is 87.5 Å². The molecular formula is C24H36N4O3. The van der Waals surface area contributed by atoms with Crippen LogP contribution in [0.1, 0.15) is 65.2 Å². The topological polar surface area (TPSA) is 108 Å². The van der Waals surface area contributed by atoms with Crippen LogP contribution in [0.2, 0.25) is 0 Å². The van der Waals surface area contributed by atoms with Crippen LogP contribution in [0.3, 0.4) is 0 Å². The Balaban J connectivity index is 1.38. The average Bonchev–Trinajstić information content (AvgIpc) is 3.35. The molecule has 2 unspecified atom stereocenters. The molecule has 3 N–H and O–H groups in total. The Labute approximate surface area is 185 Å². The van der Waals surface area contributed by atoms with Gasteiger partial charge in [-0.2, -0.15) is 5.26 Å². The third-order valence-electron chi connectivity index (χ3n) is 9.04. The van der Waals surface area contributed by atoms with Gasteiger partial charge in [0.2, 0.25) is 5.91 Å². The molecule has 7 nitrogen and oxygen atoms in total. The van der Waals surface area contributed by atoms with E-state index in [2.05, 4.69) is 11.4 Å². The molecule has 170 valence electrons. The van der Waals surface area contributed by atoms with E-state index in [9.17, 15) is 14.9 Å². The van der Waals surface area contributed by atoms with Gasteiger partial charge in [0.1, 0.15) is 17.7 Å². The van der Waals surface area contributed by atoms with Crippen LogP contribution in [-0.2, 0) is 14.3 Å². The number of fused-ring (bicyclic) bond motifs is 1. The van der Waals surface area contributed by atoms with Crippen molar-refractivity contribution in [2.24, 2.45) is 34.8 Å². The lowest BCUT2D eigenvalue weighted by Crippen LogP contribution is -2.66. The lowest BCUT2D eigenvalue weighted by atomic mass is 9.46. The van der Waals surface area contributed by atoms with E-state index in [1.807, 2.05) is 18.7 Å². The first-order chi connectivity index (χ1) is 14.7. The summed E-state index contributed by atoms with van der Waals surface area (Å²) < 4.78 is 6.28. The number of nitrogens with two attached hydrogens (primary N) is 1. The van der Waals surface area contributed by atoms with Crippen LogP contribution in [0.5, 0.6) is 0 Å². The minimum atomic E-state index is -0.614. The third kappa shape index (κ3) is 3.29. The van der Waals surface area contributed by atoms with Gasteiger partial charge in [-0.25, -0.2) is 0 Å². The molecule has 7 heteroatoms. The summed E-state index contributed by atoms with van der Waals surface area (Å²) in [6, 6.07) is 1.27. The van der Waals surface area contributed by atoms with E-state index >= 15 is 0 Å². The Morgan fingerprint density at radius 3 is 2.42 bits per heavy atom. The van der Waals surface area contributed by atoms with Crippen LogP contribution in [0.25, 0.3) is 0 Å². The van der Waals surface area contributed by atoms with Crippen LogP contribution in [0, 0.1) is 40.4 Å². The molecule has 5 saturated carbocycles. The van der Waals surface area contributed by atoms with Gasteiger partial charge in [0.25, 0.3) is 0 Å². The van der Waals surface area contributed by atoms with Crippen molar-refractivity contribution in [1.29, 1.82) is 5.26 Å². The number of likely N-dealkylation sites (tertiary alicyclic amines) is 1. The van der Waals surface area contributed by atoms with Crippen LogP contribution in [0.15, 0.2) is 0 Å². The quantitative estimate of drug-likeness (QED) is 0.626. The number of esters is 1. The van der Waals surface area contributed by atoms with Crippen LogP contribution in [0.4, 0.5) is 0 Å². The Bertz CT molecular complexity index is 806. The first-order valence-corrected chi connectivity index (χ1v) is 12.1. The SMILES string of the molecule is CN[C@H](C(=O)OC12CC3CC(C1)CC([C@H](N)C(=O)N1[C@H](C#N)C[C@@H]4C[C@@H]41)(C3)C2)C(C)C. The molecule has 0 radical (unpaired) electrons. The summed E-state index contributed by atoms with van der Waals surface area (Å²) in [6.45, 7) is 4.04. The molecule has 1 aliphatic heterocycles. The number of ether oxygens (including phenoxy) is 1. The fraction of sp³-hybridized carbons (Fsp3) is 0.875. The predicted molar refractivity (Wildman–Crippen MR) is 114 cm³/mol. The Hall–Kier alpha value is -1.65. The predicted octanol–water partition coefficient (Wildman–Crippen LogP) is 1.95. The molecular weight excluding hydrogens is 392 g/mol. The van der Waals surface area contributed by atoms with Crippen LogP contribution < -0.4 is 11.1 Å². The number of rotatable bonds is 6. The normalized spacial score (nSPS) is 44.0. The number of carbonyl (C=O) groups is 2.